The van der Waals surface area contributed by atoms with Gasteiger partial charge in [-0.1, -0.05) is 18.2 Å². The van der Waals surface area contributed by atoms with Crippen LogP contribution in [-0.2, 0) is 11.3 Å². The second kappa shape index (κ2) is 11.4. The Morgan fingerprint density at radius 1 is 1.11 bits per heavy atom. The van der Waals surface area contributed by atoms with Gasteiger partial charge in [0.25, 0.3) is 0 Å². The van der Waals surface area contributed by atoms with E-state index in [9.17, 15) is 0 Å². The van der Waals surface area contributed by atoms with Gasteiger partial charge in [0.05, 0.1) is 17.9 Å². The Morgan fingerprint density at radius 2 is 1.89 bits per heavy atom. The Morgan fingerprint density at radius 3 is 2.59 bits per heavy atom. The molecule has 0 amide bonds. The molecule has 0 fully saturated rings. The maximum atomic E-state index is 5.38. The van der Waals surface area contributed by atoms with Crippen LogP contribution in [-0.4, -0.2) is 42.0 Å². The first-order valence-corrected chi connectivity index (χ1v) is 9.87. The summed E-state index contributed by atoms with van der Waals surface area (Å²) in [5.74, 6) is 0.847. The molecular formula is C21H33N5O. The van der Waals surface area contributed by atoms with E-state index in [4.69, 9.17) is 14.8 Å². The fourth-order valence-corrected chi connectivity index (χ4v) is 2.90. The van der Waals surface area contributed by atoms with Gasteiger partial charge in [-0.3, -0.25) is 0 Å². The van der Waals surface area contributed by atoms with Crippen molar-refractivity contribution in [1.82, 2.24) is 20.4 Å². The van der Waals surface area contributed by atoms with Crippen LogP contribution in [0.25, 0.3) is 5.69 Å². The fraction of sp³-hybridized carbons (Fsp3) is 0.524. The quantitative estimate of drug-likeness (QED) is 0.382. The summed E-state index contributed by atoms with van der Waals surface area (Å²) in [5.41, 5.74) is 4.41. The molecule has 0 saturated heterocycles. The molecule has 2 aromatic rings. The molecule has 6 nitrogen and oxygen atoms in total. The number of aromatic nitrogens is 2. The average molecular weight is 372 g/mol. The predicted octanol–water partition coefficient (Wildman–Crippen LogP) is 3.36. The SMILES string of the molecule is CCNC(=NCc1c(C)nn(-c2ccccc2)c1C)NCCCCOCC. The van der Waals surface area contributed by atoms with Crippen molar-refractivity contribution in [1.29, 1.82) is 0 Å². The van der Waals surface area contributed by atoms with Gasteiger partial charge in [-0.25, -0.2) is 9.67 Å². The smallest absolute Gasteiger partial charge is 0.191 e. The minimum absolute atomic E-state index is 0.610. The molecule has 1 heterocycles. The number of unbranched alkanes of at least 4 members (excludes halogenated alkanes) is 1. The van der Waals surface area contributed by atoms with Gasteiger partial charge in [0.1, 0.15) is 0 Å². The molecule has 148 valence electrons. The van der Waals surface area contributed by atoms with Crippen molar-refractivity contribution in [3.05, 3.63) is 47.3 Å². The highest BCUT2D eigenvalue weighted by Crippen LogP contribution is 2.18. The standard InChI is InChI=1S/C21H33N5O/c1-5-22-21(23-14-10-11-15-27-6-2)24-16-20-17(3)25-26(18(20)4)19-12-8-7-9-13-19/h7-9,12-13H,5-6,10-11,14-16H2,1-4H3,(H2,22,23,24). The van der Waals surface area contributed by atoms with Crippen LogP contribution in [0, 0.1) is 13.8 Å². The van der Waals surface area contributed by atoms with Crippen LogP contribution >= 0.6 is 0 Å². The van der Waals surface area contributed by atoms with E-state index in [1.54, 1.807) is 0 Å². The highest BCUT2D eigenvalue weighted by atomic mass is 16.5. The molecule has 27 heavy (non-hydrogen) atoms. The Hall–Kier alpha value is -2.34. The molecular weight excluding hydrogens is 338 g/mol. The highest BCUT2D eigenvalue weighted by molar-refractivity contribution is 5.79. The topological polar surface area (TPSA) is 63.5 Å². The van der Waals surface area contributed by atoms with E-state index in [1.807, 2.05) is 36.7 Å². The van der Waals surface area contributed by atoms with Crippen LogP contribution in [0.2, 0.25) is 0 Å². The number of hydrogen-bond donors (Lipinski definition) is 2. The van der Waals surface area contributed by atoms with Crippen LogP contribution < -0.4 is 10.6 Å². The summed E-state index contributed by atoms with van der Waals surface area (Å²) in [6, 6.07) is 10.2. The zero-order valence-electron chi connectivity index (χ0n) is 17.1. The van der Waals surface area contributed by atoms with E-state index in [0.717, 1.165) is 62.2 Å². The van der Waals surface area contributed by atoms with Crippen LogP contribution in [0.3, 0.4) is 0 Å². The molecule has 1 aromatic heterocycles. The van der Waals surface area contributed by atoms with E-state index >= 15 is 0 Å². The third-order valence-electron chi connectivity index (χ3n) is 4.39. The number of nitrogens with zero attached hydrogens (tertiary/aromatic N) is 3. The van der Waals surface area contributed by atoms with Crippen LogP contribution in [0.5, 0.6) is 0 Å². The van der Waals surface area contributed by atoms with Crippen molar-refractivity contribution in [2.75, 3.05) is 26.3 Å². The number of nitrogens with one attached hydrogen (secondary N) is 2. The second-order valence-electron chi connectivity index (χ2n) is 6.42. The molecule has 0 aliphatic carbocycles. The van der Waals surface area contributed by atoms with Crippen LogP contribution in [0.1, 0.15) is 43.6 Å². The Balaban J connectivity index is 2.00. The van der Waals surface area contributed by atoms with Crippen molar-refractivity contribution >= 4 is 5.96 Å². The molecule has 0 aliphatic heterocycles. The molecule has 1 aromatic carbocycles. The average Bonchev–Trinajstić information content (AvgIpc) is 2.97. The third-order valence-corrected chi connectivity index (χ3v) is 4.39. The minimum atomic E-state index is 0.610. The molecule has 2 rings (SSSR count). The van der Waals surface area contributed by atoms with Gasteiger partial charge in [0, 0.05) is 37.6 Å². The van der Waals surface area contributed by atoms with Crippen molar-refractivity contribution in [2.45, 2.75) is 47.1 Å². The van der Waals surface area contributed by atoms with E-state index in [-0.39, 0.29) is 0 Å². The molecule has 0 aliphatic rings. The van der Waals surface area contributed by atoms with Crippen molar-refractivity contribution in [3.63, 3.8) is 0 Å². The van der Waals surface area contributed by atoms with Gasteiger partial charge >= 0.3 is 0 Å². The first-order valence-electron chi connectivity index (χ1n) is 9.87. The number of hydrogen-bond acceptors (Lipinski definition) is 3. The van der Waals surface area contributed by atoms with E-state index in [2.05, 4.69) is 36.6 Å². The lowest BCUT2D eigenvalue weighted by atomic mass is 10.2. The van der Waals surface area contributed by atoms with Gasteiger partial charge in [-0.2, -0.15) is 5.10 Å². The largest absolute Gasteiger partial charge is 0.382 e. The summed E-state index contributed by atoms with van der Waals surface area (Å²) >= 11 is 0. The van der Waals surface area contributed by atoms with Gasteiger partial charge in [0.15, 0.2) is 5.96 Å². The van der Waals surface area contributed by atoms with Gasteiger partial charge in [-0.05, 0) is 52.7 Å². The van der Waals surface area contributed by atoms with Crippen molar-refractivity contribution in [3.8, 4) is 5.69 Å². The summed E-state index contributed by atoms with van der Waals surface area (Å²) in [7, 11) is 0. The summed E-state index contributed by atoms with van der Waals surface area (Å²) in [6.45, 7) is 12.2. The highest BCUT2D eigenvalue weighted by Gasteiger charge is 2.12. The lowest BCUT2D eigenvalue weighted by molar-refractivity contribution is 0.143. The predicted molar refractivity (Wildman–Crippen MR) is 112 cm³/mol. The number of para-hydroxylation sites is 1. The van der Waals surface area contributed by atoms with E-state index in [0.29, 0.717) is 6.54 Å². The Kier molecular flexibility index (Phi) is 8.84. The van der Waals surface area contributed by atoms with Gasteiger partial charge < -0.3 is 15.4 Å². The summed E-state index contributed by atoms with van der Waals surface area (Å²) in [5, 5.41) is 11.4. The lowest BCUT2D eigenvalue weighted by Gasteiger charge is -2.11. The zero-order valence-corrected chi connectivity index (χ0v) is 17.1. The number of guanidine groups is 1. The normalized spacial score (nSPS) is 11.6. The van der Waals surface area contributed by atoms with Gasteiger partial charge in [-0.15, -0.1) is 0 Å². The van der Waals surface area contributed by atoms with Crippen LogP contribution in [0.4, 0.5) is 0 Å². The molecule has 0 atom stereocenters. The van der Waals surface area contributed by atoms with E-state index < -0.39 is 0 Å². The maximum absolute atomic E-state index is 5.38. The van der Waals surface area contributed by atoms with Crippen LogP contribution in [0.15, 0.2) is 35.3 Å². The molecule has 0 bridgehead atoms. The Labute approximate surface area is 163 Å². The monoisotopic (exact) mass is 371 g/mol. The van der Waals surface area contributed by atoms with Crippen molar-refractivity contribution in [2.24, 2.45) is 4.99 Å². The summed E-state index contributed by atoms with van der Waals surface area (Å²) in [4.78, 5) is 4.76. The molecule has 2 N–H and O–H groups in total. The number of aryl methyl sites for hydroxylation is 1. The maximum Gasteiger partial charge on any atom is 0.191 e. The lowest BCUT2D eigenvalue weighted by Crippen LogP contribution is -2.37. The molecule has 0 spiro atoms. The molecule has 0 radical (unpaired) electrons. The first-order chi connectivity index (χ1) is 13.2. The van der Waals surface area contributed by atoms with Gasteiger partial charge in [0.2, 0.25) is 0 Å². The number of ether oxygens (including phenoxy) is 1. The zero-order chi connectivity index (χ0) is 19.5. The summed E-state index contributed by atoms with van der Waals surface area (Å²) in [6.07, 6.45) is 2.12. The second-order valence-corrected chi connectivity index (χ2v) is 6.42. The molecule has 0 saturated carbocycles. The first kappa shape index (κ1) is 21.0. The molecule has 0 unspecified atom stereocenters. The van der Waals surface area contributed by atoms with E-state index in [1.165, 1.54) is 5.56 Å². The third kappa shape index (κ3) is 6.40. The van der Waals surface area contributed by atoms with Crippen molar-refractivity contribution < 1.29 is 4.74 Å². The fourth-order valence-electron chi connectivity index (χ4n) is 2.90. The number of rotatable bonds is 10. The number of benzene rings is 1. The summed E-state index contributed by atoms with van der Waals surface area (Å²) < 4.78 is 7.37. The molecule has 6 heteroatoms. The minimum Gasteiger partial charge on any atom is -0.382 e. The Bertz CT molecular complexity index is 709. The number of aliphatic imine (C=N–C) groups is 1.